The van der Waals surface area contributed by atoms with E-state index in [0.29, 0.717) is 0 Å². The van der Waals surface area contributed by atoms with Crippen LogP contribution in [0.15, 0.2) is 48.6 Å². The fourth-order valence-electron chi connectivity index (χ4n) is 1.74. The maximum Gasteiger partial charge on any atom is 0.0282 e. The molecule has 0 heteroatoms. The molecule has 0 aromatic rings. The lowest BCUT2D eigenvalue weighted by Gasteiger charge is -2.19. The summed E-state index contributed by atoms with van der Waals surface area (Å²) in [7, 11) is 0. The zero-order valence-electron chi connectivity index (χ0n) is 7.24. The number of rotatable bonds is 0. The lowest BCUT2D eigenvalue weighted by Crippen LogP contribution is -2.08. The summed E-state index contributed by atoms with van der Waals surface area (Å²) in [6, 6.07) is 0. The third-order valence-electron chi connectivity index (χ3n) is 2.49. The molecular formula is C12H14. The van der Waals surface area contributed by atoms with E-state index in [2.05, 4.69) is 48.6 Å². The van der Waals surface area contributed by atoms with Crippen molar-refractivity contribution in [2.45, 2.75) is 19.3 Å². The standard InChI is InChI=1S/C12H14/c1-2-4-8-12(9-5-3-1)10-6-7-11-12/h2,4-7,9-11H,1,3,8H2. The SMILES string of the molecule is C1=CC2(C=C1)C=CCCC=CC2. The van der Waals surface area contributed by atoms with E-state index in [1.807, 2.05) is 0 Å². The zero-order chi connectivity index (χ0) is 8.28. The van der Waals surface area contributed by atoms with Gasteiger partial charge in [-0.3, -0.25) is 0 Å². The monoisotopic (exact) mass is 158 g/mol. The minimum absolute atomic E-state index is 0.219. The summed E-state index contributed by atoms with van der Waals surface area (Å²) in [5, 5.41) is 0. The van der Waals surface area contributed by atoms with Gasteiger partial charge in [0.25, 0.3) is 0 Å². The fourth-order valence-corrected chi connectivity index (χ4v) is 1.74. The van der Waals surface area contributed by atoms with Crippen molar-refractivity contribution in [2.24, 2.45) is 5.41 Å². The third-order valence-corrected chi connectivity index (χ3v) is 2.49. The van der Waals surface area contributed by atoms with Gasteiger partial charge in [-0.2, -0.15) is 0 Å². The van der Waals surface area contributed by atoms with Gasteiger partial charge in [0.15, 0.2) is 0 Å². The van der Waals surface area contributed by atoms with Gasteiger partial charge in [0, 0.05) is 5.41 Å². The lowest BCUT2D eigenvalue weighted by molar-refractivity contribution is 0.641. The van der Waals surface area contributed by atoms with Gasteiger partial charge in [-0.25, -0.2) is 0 Å². The predicted octanol–water partition coefficient (Wildman–Crippen LogP) is 3.40. The second kappa shape index (κ2) is 3.14. The molecule has 0 heterocycles. The van der Waals surface area contributed by atoms with Gasteiger partial charge in [0.1, 0.15) is 0 Å². The van der Waals surface area contributed by atoms with Gasteiger partial charge in [0.05, 0.1) is 0 Å². The Morgan fingerprint density at radius 2 is 1.50 bits per heavy atom. The van der Waals surface area contributed by atoms with E-state index < -0.39 is 0 Å². The largest absolute Gasteiger partial charge is 0.0882 e. The number of hydrogen-bond acceptors (Lipinski definition) is 0. The molecule has 62 valence electrons. The maximum atomic E-state index is 2.33. The van der Waals surface area contributed by atoms with Crippen molar-refractivity contribution in [3.63, 3.8) is 0 Å². The molecule has 0 nitrogen and oxygen atoms in total. The molecule has 0 saturated heterocycles. The van der Waals surface area contributed by atoms with Crippen LogP contribution in [-0.4, -0.2) is 0 Å². The van der Waals surface area contributed by atoms with E-state index in [4.69, 9.17) is 0 Å². The molecule has 0 N–H and O–H groups in total. The molecular weight excluding hydrogens is 144 g/mol. The first-order valence-corrected chi connectivity index (χ1v) is 4.61. The molecule has 1 spiro atoms. The summed E-state index contributed by atoms with van der Waals surface area (Å²) in [4.78, 5) is 0. The smallest absolute Gasteiger partial charge is 0.0282 e. The average molecular weight is 158 g/mol. The second-order valence-corrected chi connectivity index (χ2v) is 3.49. The van der Waals surface area contributed by atoms with E-state index in [1.54, 1.807) is 0 Å². The van der Waals surface area contributed by atoms with Crippen molar-refractivity contribution >= 4 is 0 Å². The van der Waals surface area contributed by atoms with Gasteiger partial charge >= 0.3 is 0 Å². The van der Waals surface area contributed by atoms with Crippen molar-refractivity contribution in [3.05, 3.63) is 48.6 Å². The van der Waals surface area contributed by atoms with Crippen molar-refractivity contribution < 1.29 is 0 Å². The predicted molar refractivity (Wildman–Crippen MR) is 52.8 cm³/mol. The van der Waals surface area contributed by atoms with Crippen LogP contribution in [0.1, 0.15) is 19.3 Å². The van der Waals surface area contributed by atoms with Gasteiger partial charge in [-0.05, 0) is 19.3 Å². The van der Waals surface area contributed by atoms with Crippen LogP contribution in [-0.2, 0) is 0 Å². The van der Waals surface area contributed by atoms with Crippen molar-refractivity contribution in [1.82, 2.24) is 0 Å². The Balaban J connectivity index is 2.22. The summed E-state index contributed by atoms with van der Waals surface area (Å²) in [5.74, 6) is 0. The van der Waals surface area contributed by atoms with Crippen molar-refractivity contribution in [2.75, 3.05) is 0 Å². The lowest BCUT2D eigenvalue weighted by atomic mass is 9.84. The van der Waals surface area contributed by atoms with E-state index in [0.717, 1.165) is 6.42 Å². The van der Waals surface area contributed by atoms with Crippen molar-refractivity contribution in [3.8, 4) is 0 Å². The van der Waals surface area contributed by atoms with Crippen LogP contribution >= 0.6 is 0 Å². The van der Waals surface area contributed by atoms with Crippen LogP contribution in [0, 0.1) is 5.41 Å². The topological polar surface area (TPSA) is 0 Å². The minimum Gasteiger partial charge on any atom is -0.0882 e. The molecule has 2 aliphatic carbocycles. The Kier molecular flexibility index (Phi) is 1.99. The van der Waals surface area contributed by atoms with E-state index in [9.17, 15) is 0 Å². The first-order chi connectivity index (χ1) is 5.91. The molecule has 0 aromatic heterocycles. The highest BCUT2D eigenvalue weighted by atomic mass is 14.2. The van der Waals surface area contributed by atoms with Crippen LogP contribution in [0.4, 0.5) is 0 Å². The van der Waals surface area contributed by atoms with Crippen LogP contribution in [0.3, 0.4) is 0 Å². The van der Waals surface area contributed by atoms with Crippen LogP contribution in [0.5, 0.6) is 0 Å². The van der Waals surface area contributed by atoms with E-state index >= 15 is 0 Å². The Hall–Kier alpha value is -1.04. The molecule has 2 rings (SSSR count). The molecule has 0 unspecified atom stereocenters. The molecule has 2 aliphatic rings. The number of allylic oxidation sites excluding steroid dienone is 8. The molecule has 0 saturated carbocycles. The minimum atomic E-state index is 0.219. The fraction of sp³-hybridized carbons (Fsp3) is 0.333. The third kappa shape index (κ3) is 1.42. The summed E-state index contributed by atoms with van der Waals surface area (Å²) in [6.45, 7) is 0. The normalized spacial score (nSPS) is 24.7. The molecule has 0 aliphatic heterocycles. The van der Waals surface area contributed by atoms with Gasteiger partial charge in [0.2, 0.25) is 0 Å². The first kappa shape index (κ1) is 7.60. The Labute approximate surface area is 74.0 Å². The van der Waals surface area contributed by atoms with E-state index in [1.165, 1.54) is 12.8 Å². The summed E-state index contributed by atoms with van der Waals surface area (Å²) >= 11 is 0. The molecule has 0 radical (unpaired) electrons. The van der Waals surface area contributed by atoms with Crippen molar-refractivity contribution in [1.29, 1.82) is 0 Å². The zero-order valence-corrected chi connectivity index (χ0v) is 7.24. The molecule has 0 amide bonds. The number of hydrogen-bond donors (Lipinski definition) is 0. The van der Waals surface area contributed by atoms with Gasteiger partial charge < -0.3 is 0 Å². The average Bonchev–Trinajstić information content (AvgIpc) is 2.47. The Bertz CT molecular complexity index is 252. The van der Waals surface area contributed by atoms with Gasteiger partial charge in [-0.15, -0.1) is 0 Å². The highest BCUT2D eigenvalue weighted by Crippen LogP contribution is 2.33. The molecule has 0 bridgehead atoms. The molecule has 12 heavy (non-hydrogen) atoms. The van der Waals surface area contributed by atoms with Crippen LogP contribution in [0.25, 0.3) is 0 Å². The summed E-state index contributed by atoms with van der Waals surface area (Å²) in [5.41, 5.74) is 0.219. The van der Waals surface area contributed by atoms with Gasteiger partial charge in [-0.1, -0.05) is 48.6 Å². The second-order valence-electron chi connectivity index (χ2n) is 3.49. The highest BCUT2D eigenvalue weighted by molar-refractivity contribution is 5.32. The summed E-state index contributed by atoms with van der Waals surface area (Å²) in [6.07, 6.45) is 21.5. The summed E-state index contributed by atoms with van der Waals surface area (Å²) < 4.78 is 0. The van der Waals surface area contributed by atoms with Crippen LogP contribution in [0.2, 0.25) is 0 Å². The highest BCUT2D eigenvalue weighted by Gasteiger charge is 2.20. The molecule has 0 fully saturated rings. The van der Waals surface area contributed by atoms with E-state index in [-0.39, 0.29) is 5.41 Å². The molecule has 0 atom stereocenters. The Morgan fingerprint density at radius 1 is 0.750 bits per heavy atom. The Morgan fingerprint density at radius 3 is 2.33 bits per heavy atom. The maximum absolute atomic E-state index is 2.33. The van der Waals surface area contributed by atoms with Crippen LogP contribution < -0.4 is 0 Å². The quantitative estimate of drug-likeness (QED) is 0.474. The molecule has 0 aromatic carbocycles. The first-order valence-electron chi connectivity index (χ1n) is 4.61.